The maximum absolute atomic E-state index is 11.9. The Bertz CT molecular complexity index is 535. The van der Waals surface area contributed by atoms with Crippen LogP contribution >= 0.6 is 11.3 Å². The van der Waals surface area contributed by atoms with Gasteiger partial charge < -0.3 is 5.32 Å². The number of thiazole rings is 1. The fraction of sp³-hybridized carbons (Fsp3) is 0.250. The van der Waals surface area contributed by atoms with Crippen LogP contribution in [0.25, 0.3) is 0 Å². The number of carbonyl (C=O) groups is 1. The van der Waals surface area contributed by atoms with Gasteiger partial charge >= 0.3 is 0 Å². The Balaban J connectivity index is 2.04. The van der Waals surface area contributed by atoms with Crippen LogP contribution in [0.5, 0.6) is 0 Å². The lowest BCUT2D eigenvalue weighted by atomic mass is 10.3. The Morgan fingerprint density at radius 3 is 2.72 bits per heavy atom. The Hall–Kier alpha value is -1.95. The van der Waals surface area contributed by atoms with Crippen molar-refractivity contribution in [1.82, 2.24) is 9.97 Å². The fourth-order valence-electron chi connectivity index (χ4n) is 1.41. The molecule has 0 unspecified atom stereocenters. The van der Waals surface area contributed by atoms with Crippen LogP contribution in [-0.2, 0) is 0 Å². The normalized spacial score (nSPS) is 10.1. The summed E-state index contributed by atoms with van der Waals surface area (Å²) in [5, 5.41) is 6.43. The Morgan fingerprint density at radius 2 is 2.17 bits per heavy atom. The molecule has 6 heteroatoms. The highest BCUT2D eigenvalue weighted by molar-refractivity contribution is 7.15. The lowest BCUT2D eigenvalue weighted by Crippen LogP contribution is -2.13. The lowest BCUT2D eigenvalue weighted by molar-refractivity contribution is 0.102. The highest BCUT2D eigenvalue weighted by Gasteiger charge is 2.09. The molecule has 0 atom stereocenters. The van der Waals surface area contributed by atoms with E-state index in [4.69, 9.17) is 0 Å². The van der Waals surface area contributed by atoms with Crippen LogP contribution in [-0.4, -0.2) is 22.4 Å². The van der Waals surface area contributed by atoms with Crippen molar-refractivity contribution in [2.24, 2.45) is 0 Å². The molecule has 2 N–H and O–H groups in total. The van der Waals surface area contributed by atoms with E-state index in [1.165, 1.54) is 11.3 Å². The minimum Gasteiger partial charge on any atom is -0.384 e. The third-order valence-electron chi connectivity index (χ3n) is 2.22. The first-order valence-electron chi connectivity index (χ1n) is 5.62. The minimum atomic E-state index is -0.243. The number of anilines is 2. The quantitative estimate of drug-likeness (QED) is 0.888. The van der Waals surface area contributed by atoms with Gasteiger partial charge in [0.1, 0.15) is 5.69 Å². The van der Waals surface area contributed by atoms with Gasteiger partial charge in [-0.15, -0.1) is 11.3 Å². The summed E-state index contributed by atoms with van der Waals surface area (Å²) >= 11 is 1.44. The largest absolute Gasteiger partial charge is 0.384 e. The van der Waals surface area contributed by atoms with Gasteiger partial charge in [0.15, 0.2) is 5.13 Å². The molecule has 0 aliphatic rings. The molecule has 94 valence electrons. The van der Waals surface area contributed by atoms with Crippen molar-refractivity contribution < 1.29 is 4.79 Å². The van der Waals surface area contributed by atoms with Crippen molar-refractivity contribution in [3.63, 3.8) is 0 Å². The van der Waals surface area contributed by atoms with Gasteiger partial charge in [0.2, 0.25) is 0 Å². The van der Waals surface area contributed by atoms with Crippen LogP contribution in [0.1, 0.15) is 22.3 Å². The second kappa shape index (κ2) is 5.59. The molecule has 0 aliphatic carbocycles. The molecule has 5 nitrogen and oxygen atoms in total. The summed E-state index contributed by atoms with van der Waals surface area (Å²) in [7, 11) is 0. The van der Waals surface area contributed by atoms with Crippen LogP contribution < -0.4 is 10.6 Å². The number of nitrogens with one attached hydrogen (secondary N) is 2. The van der Waals surface area contributed by atoms with Gasteiger partial charge in [0.05, 0.1) is 11.9 Å². The van der Waals surface area contributed by atoms with E-state index >= 15 is 0 Å². The van der Waals surface area contributed by atoms with Crippen molar-refractivity contribution in [3.05, 3.63) is 35.1 Å². The number of aryl methyl sites for hydroxylation is 1. The minimum absolute atomic E-state index is 0.243. The summed E-state index contributed by atoms with van der Waals surface area (Å²) in [6.07, 6.45) is 3.37. The van der Waals surface area contributed by atoms with E-state index in [0.29, 0.717) is 10.8 Å². The molecule has 0 radical (unpaired) electrons. The average molecular weight is 262 g/mol. The third kappa shape index (κ3) is 3.04. The first kappa shape index (κ1) is 12.5. The SMILES string of the molecule is CCNc1ccc(C(=O)Nc2ncc(C)s2)nc1. The predicted octanol–water partition coefficient (Wildman–Crippen LogP) is 2.53. The number of nitrogens with zero attached hydrogens (tertiary/aromatic N) is 2. The third-order valence-corrected chi connectivity index (χ3v) is 3.05. The predicted molar refractivity (Wildman–Crippen MR) is 73.2 cm³/mol. The van der Waals surface area contributed by atoms with E-state index in [1.807, 2.05) is 19.9 Å². The zero-order valence-electron chi connectivity index (χ0n) is 10.2. The van der Waals surface area contributed by atoms with Crippen LogP contribution in [0.15, 0.2) is 24.5 Å². The van der Waals surface area contributed by atoms with Crippen LogP contribution in [0.3, 0.4) is 0 Å². The van der Waals surface area contributed by atoms with E-state index in [2.05, 4.69) is 20.6 Å². The molecule has 0 saturated carbocycles. The number of hydrogen-bond acceptors (Lipinski definition) is 5. The molecule has 0 aromatic carbocycles. The van der Waals surface area contributed by atoms with Gasteiger partial charge in [-0.2, -0.15) is 0 Å². The molecule has 2 heterocycles. The molecule has 0 spiro atoms. The highest BCUT2D eigenvalue weighted by atomic mass is 32.1. The van der Waals surface area contributed by atoms with Crippen molar-refractivity contribution >= 4 is 28.1 Å². The number of amides is 1. The second-order valence-electron chi connectivity index (χ2n) is 3.69. The summed E-state index contributed by atoms with van der Waals surface area (Å²) in [4.78, 5) is 21.1. The van der Waals surface area contributed by atoms with Crippen molar-refractivity contribution in [3.8, 4) is 0 Å². The summed E-state index contributed by atoms with van der Waals surface area (Å²) in [6.45, 7) is 4.77. The van der Waals surface area contributed by atoms with Gasteiger partial charge in [0, 0.05) is 17.6 Å². The van der Waals surface area contributed by atoms with E-state index < -0.39 is 0 Å². The molecular weight excluding hydrogens is 248 g/mol. The lowest BCUT2D eigenvalue weighted by Gasteiger charge is -2.04. The standard InChI is InChI=1S/C12H14N4OS/c1-3-13-9-4-5-10(14-7-9)11(17)16-12-15-6-8(2)18-12/h4-7,13H,3H2,1-2H3,(H,15,16,17). The molecule has 1 amide bonds. The van der Waals surface area contributed by atoms with E-state index in [9.17, 15) is 4.79 Å². The average Bonchev–Trinajstić information content (AvgIpc) is 2.76. The number of pyridine rings is 1. The summed E-state index contributed by atoms with van der Waals surface area (Å²) in [6, 6.07) is 3.52. The molecule has 2 rings (SSSR count). The van der Waals surface area contributed by atoms with Crippen molar-refractivity contribution in [2.45, 2.75) is 13.8 Å². The fourth-order valence-corrected chi connectivity index (χ4v) is 2.07. The topological polar surface area (TPSA) is 66.9 Å². The maximum atomic E-state index is 11.9. The summed E-state index contributed by atoms with van der Waals surface area (Å²) < 4.78 is 0. The molecule has 0 bridgehead atoms. The van der Waals surface area contributed by atoms with Crippen LogP contribution in [0.4, 0.5) is 10.8 Å². The molecule has 2 aromatic heterocycles. The molecule has 0 saturated heterocycles. The molecule has 2 aromatic rings. The van der Waals surface area contributed by atoms with Gasteiger partial charge in [-0.25, -0.2) is 9.97 Å². The Kier molecular flexibility index (Phi) is 3.88. The van der Waals surface area contributed by atoms with Gasteiger partial charge in [-0.3, -0.25) is 10.1 Å². The van der Waals surface area contributed by atoms with Crippen molar-refractivity contribution in [2.75, 3.05) is 17.2 Å². The van der Waals surface area contributed by atoms with Crippen LogP contribution in [0, 0.1) is 6.92 Å². The van der Waals surface area contributed by atoms with Gasteiger partial charge in [-0.05, 0) is 26.0 Å². The summed E-state index contributed by atoms with van der Waals surface area (Å²) in [5.74, 6) is -0.243. The highest BCUT2D eigenvalue weighted by Crippen LogP contribution is 2.17. The smallest absolute Gasteiger partial charge is 0.276 e. The zero-order valence-corrected chi connectivity index (χ0v) is 11.0. The Morgan fingerprint density at radius 1 is 1.33 bits per heavy atom. The molecule has 0 fully saturated rings. The van der Waals surface area contributed by atoms with E-state index in [0.717, 1.165) is 17.1 Å². The first-order valence-corrected chi connectivity index (χ1v) is 6.44. The molecular formula is C12H14N4OS. The number of aromatic nitrogens is 2. The van der Waals surface area contributed by atoms with Crippen molar-refractivity contribution in [1.29, 1.82) is 0 Å². The zero-order chi connectivity index (χ0) is 13.0. The molecule has 0 aliphatic heterocycles. The monoisotopic (exact) mass is 262 g/mol. The number of carbonyl (C=O) groups excluding carboxylic acids is 1. The molecule has 18 heavy (non-hydrogen) atoms. The van der Waals surface area contributed by atoms with Crippen LogP contribution in [0.2, 0.25) is 0 Å². The second-order valence-corrected chi connectivity index (χ2v) is 4.93. The van der Waals surface area contributed by atoms with Gasteiger partial charge in [-0.1, -0.05) is 0 Å². The summed E-state index contributed by atoms with van der Waals surface area (Å²) in [5.41, 5.74) is 1.28. The number of rotatable bonds is 4. The maximum Gasteiger partial charge on any atom is 0.276 e. The van der Waals surface area contributed by atoms with E-state index in [1.54, 1.807) is 18.5 Å². The first-order chi connectivity index (χ1) is 8.69. The Labute approximate surface area is 109 Å². The van der Waals surface area contributed by atoms with Gasteiger partial charge in [0.25, 0.3) is 5.91 Å². The number of hydrogen-bond donors (Lipinski definition) is 2. The van der Waals surface area contributed by atoms with E-state index in [-0.39, 0.29) is 5.91 Å².